The van der Waals surface area contributed by atoms with Crippen LogP contribution in [0.3, 0.4) is 0 Å². The van der Waals surface area contributed by atoms with Crippen LogP contribution in [0.15, 0.2) is 46.9 Å². The van der Waals surface area contributed by atoms with E-state index in [2.05, 4.69) is 55.2 Å². The summed E-state index contributed by atoms with van der Waals surface area (Å²) in [6, 6.07) is 12.6. The zero-order chi connectivity index (χ0) is 14.5. The lowest BCUT2D eigenvalue weighted by Crippen LogP contribution is -2.28. The highest BCUT2D eigenvalue weighted by atomic mass is 127. The second-order valence-electron chi connectivity index (χ2n) is 4.06. The SMILES string of the molecule is Fc1ccc(NC(=S)NCc2cccc(I)c2)c(Br)c1. The summed E-state index contributed by atoms with van der Waals surface area (Å²) in [5.74, 6) is -0.292. The van der Waals surface area contributed by atoms with Gasteiger partial charge in [0.1, 0.15) is 5.82 Å². The van der Waals surface area contributed by atoms with Gasteiger partial charge >= 0.3 is 0 Å². The van der Waals surface area contributed by atoms with Gasteiger partial charge in [0, 0.05) is 14.6 Å². The van der Waals surface area contributed by atoms with Crippen molar-refractivity contribution in [3.8, 4) is 0 Å². The Bertz CT molecular complexity index is 636. The molecule has 0 saturated carbocycles. The molecule has 0 aliphatic rings. The lowest BCUT2D eigenvalue weighted by molar-refractivity contribution is 0.627. The highest BCUT2D eigenvalue weighted by Crippen LogP contribution is 2.22. The van der Waals surface area contributed by atoms with E-state index >= 15 is 0 Å². The molecule has 0 saturated heterocycles. The van der Waals surface area contributed by atoms with Gasteiger partial charge in [-0.15, -0.1) is 0 Å². The Morgan fingerprint density at radius 3 is 2.75 bits per heavy atom. The summed E-state index contributed by atoms with van der Waals surface area (Å²) in [4.78, 5) is 0. The number of rotatable bonds is 3. The van der Waals surface area contributed by atoms with Crippen LogP contribution in [0.1, 0.15) is 5.56 Å². The van der Waals surface area contributed by atoms with Crippen molar-refractivity contribution in [2.45, 2.75) is 6.54 Å². The van der Waals surface area contributed by atoms with Gasteiger partial charge in [0.2, 0.25) is 0 Å². The van der Waals surface area contributed by atoms with Gasteiger partial charge < -0.3 is 10.6 Å². The molecule has 6 heteroatoms. The molecule has 2 nitrogen and oxygen atoms in total. The van der Waals surface area contributed by atoms with Crippen LogP contribution in [0.5, 0.6) is 0 Å². The predicted octanol–water partition coefficient (Wildman–Crippen LogP) is 4.68. The zero-order valence-corrected chi connectivity index (χ0v) is 14.9. The van der Waals surface area contributed by atoms with E-state index in [9.17, 15) is 4.39 Å². The molecule has 0 radical (unpaired) electrons. The Morgan fingerprint density at radius 2 is 2.05 bits per heavy atom. The number of benzene rings is 2. The summed E-state index contributed by atoms with van der Waals surface area (Å²) in [6.45, 7) is 0.640. The topological polar surface area (TPSA) is 24.1 Å². The van der Waals surface area contributed by atoms with Gasteiger partial charge in [-0.1, -0.05) is 12.1 Å². The number of halogens is 3. The van der Waals surface area contributed by atoms with E-state index < -0.39 is 0 Å². The van der Waals surface area contributed by atoms with Crippen molar-refractivity contribution in [1.29, 1.82) is 0 Å². The molecule has 0 bridgehead atoms. The molecule has 0 amide bonds. The Kier molecular flexibility index (Phi) is 5.74. The number of anilines is 1. The molecular weight excluding hydrogens is 454 g/mol. The molecule has 0 spiro atoms. The van der Waals surface area contributed by atoms with Crippen LogP contribution in [0.4, 0.5) is 10.1 Å². The molecule has 0 aliphatic heterocycles. The maximum atomic E-state index is 13.0. The van der Waals surface area contributed by atoms with Gasteiger partial charge in [-0.05, 0) is 86.6 Å². The van der Waals surface area contributed by atoms with Crippen molar-refractivity contribution in [3.63, 3.8) is 0 Å². The van der Waals surface area contributed by atoms with Crippen LogP contribution in [0.2, 0.25) is 0 Å². The average Bonchev–Trinajstić information content (AvgIpc) is 2.40. The van der Waals surface area contributed by atoms with Crippen molar-refractivity contribution >= 4 is 61.5 Å². The fourth-order valence-electron chi connectivity index (χ4n) is 1.59. The van der Waals surface area contributed by atoms with E-state index in [4.69, 9.17) is 12.2 Å². The number of hydrogen-bond donors (Lipinski definition) is 2. The quantitative estimate of drug-likeness (QED) is 0.509. The van der Waals surface area contributed by atoms with Crippen molar-refractivity contribution in [2.75, 3.05) is 5.32 Å². The minimum absolute atomic E-state index is 0.292. The van der Waals surface area contributed by atoms with Crippen LogP contribution in [0, 0.1) is 9.39 Å². The molecule has 20 heavy (non-hydrogen) atoms. The van der Waals surface area contributed by atoms with E-state index in [1.54, 1.807) is 6.07 Å². The van der Waals surface area contributed by atoms with Crippen molar-refractivity contribution in [2.24, 2.45) is 0 Å². The summed E-state index contributed by atoms with van der Waals surface area (Å²) >= 11 is 10.8. The molecule has 0 aromatic heterocycles. The van der Waals surface area contributed by atoms with Gasteiger partial charge in [-0.25, -0.2) is 4.39 Å². The van der Waals surface area contributed by atoms with Gasteiger partial charge in [-0.2, -0.15) is 0 Å². The van der Waals surface area contributed by atoms with E-state index in [1.807, 2.05) is 18.2 Å². The first-order valence-corrected chi connectivity index (χ1v) is 8.07. The lowest BCUT2D eigenvalue weighted by Gasteiger charge is -2.12. The van der Waals surface area contributed by atoms with Crippen LogP contribution >= 0.6 is 50.7 Å². The smallest absolute Gasteiger partial charge is 0.171 e. The van der Waals surface area contributed by atoms with E-state index in [1.165, 1.54) is 15.7 Å². The van der Waals surface area contributed by atoms with Crippen molar-refractivity contribution in [3.05, 3.63) is 61.9 Å². The number of thiocarbonyl (C=S) groups is 1. The minimum Gasteiger partial charge on any atom is -0.358 e. The fourth-order valence-corrected chi connectivity index (χ4v) is 2.83. The maximum absolute atomic E-state index is 13.0. The van der Waals surface area contributed by atoms with Gasteiger partial charge in [0.25, 0.3) is 0 Å². The Hall–Kier alpha value is -0.730. The van der Waals surface area contributed by atoms with Crippen LogP contribution in [-0.4, -0.2) is 5.11 Å². The summed E-state index contributed by atoms with van der Waals surface area (Å²) < 4.78 is 14.8. The predicted molar refractivity (Wildman–Crippen MR) is 96.3 cm³/mol. The molecular formula is C14H11BrFIN2S. The molecule has 2 rings (SSSR count). The zero-order valence-electron chi connectivity index (χ0n) is 10.3. The maximum Gasteiger partial charge on any atom is 0.171 e. The lowest BCUT2D eigenvalue weighted by atomic mass is 10.2. The van der Waals surface area contributed by atoms with E-state index in [0.29, 0.717) is 16.1 Å². The highest BCUT2D eigenvalue weighted by Gasteiger charge is 2.03. The molecule has 0 atom stereocenters. The minimum atomic E-state index is -0.292. The third-order valence-corrected chi connectivity index (χ3v) is 4.09. The summed E-state index contributed by atoms with van der Waals surface area (Å²) in [6.07, 6.45) is 0. The molecule has 0 unspecified atom stereocenters. The third-order valence-electron chi connectivity index (χ3n) is 2.52. The largest absolute Gasteiger partial charge is 0.358 e. The second kappa shape index (κ2) is 7.33. The van der Waals surface area contributed by atoms with Crippen molar-refractivity contribution in [1.82, 2.24) is 5.32 Å². The van der Waals surface area contributed by atoms with Crippen molar-refractivity contribution < 1.29 is 4.39 Å². The molecule has 0 fully saturated rings. The van der Waals surface area contributed by atoms with Crippen LogP contribution in [-0.2, 0) is 6.54 Å². The molecule has 2 aromatic carbocycles. The number of hydrogen-bond acceptors (Lipinski definition) is 1. The highest BCUT2D eigenvalue weighted by molar-refractivity contribution is 14.1. The fraction of sp³-hybridized carbons (Fsp3) is 0.0714. The van der Waals surface area contributed by atoms with Crippen LogP contribution < -0.4 is 10.6 Å². The Balaban J connectivity index is 1.92. The van der Waals surface area contributed by atoms with E-state index in [0.717, 1.165) is 11.3 Å². The first-order chi connectivity index (χ1) is 9.54. The Morgan fingerprint density at radius 1 is 1.25 bits per heavy atom. The third kappa shape index (κ3) is 4.68. The molecule has 2 N–H and O–H groups in total. The molecule has 0 aliphatic carbocycles. The first-order valence-electron chi connectivity index (χ1n) is 5.79. The molecule has 2 aromatic rings. The van der Waals surface area contributed by atoms with Gasteiger partial charge in [0.15, 0.2) is 5.11 Å². The number of nitrogens with one attached hydrogen (secondary N) is 2. The van der Waals surface area contributed by atoms with Gasteiger partial charge in [0.05, 0.1) is 5.69 Å². The summed E-state index contributed by atoms with van der Waals surface area (Å²) in [7, 11) is 0. The first kappa shape index (κ1) is 15.7. The van der Waals surface area contributed by atoms with Crippen LogP contribution in [0.25, 0.3) is 0 Å². The standard InChI is InChI=1S/C14H11BrFIN2S/c15-12-7-10(16)4-5-13(12)19-14(20)18-8-9-2-1-3-11(17)6-9/h1-7H,8H2,(H2,18,19,20). The van der Waals surface area contributed by atoms with E-state index in [-0.39, 0.29) is 5.82 Å². The second-order valence-corrected chi connectivity index (χ2v) is 6.57. The average molecular weight is 465 g/mol. The Labute approximate surface area is 144 Å². The normalized spacial score (nSPS) is 10.2. The summed E-state index contributed by atoms with van der Waals surface area (Å²) in [5.41, 5.74) is 1.88. The molecule has 104 valence electrons. The molecule has 0 heterocycles. The van der Waals surface area contributed by atoms with Gasteiger partial charge in [-0.3, -0.25) is 0 Å². The monoisotopic (exact) mass is 464 g/mol. The summed E-state index contributed by atoms with van der Waals surface area (Å²) in [5, 5.41) is 6.64.